The molecule has 1 nitrogen and oxygen atoms in total. The van der Waals surface area contributed by atoms with Gasteiger partial charge >= 0.3 is 0 Å². The van der Waals surface area contributed by atoms with Crippen molar-refractivity contribution >= 4 is 10.9 Å². The molecule has 1 aromatic carbocycles. The van der Waals surface area contributed by atoms with E-state index in [1.807, 2.05) is 24.3 Å². The molecule has 0 bridgehead atoms. The lowest BCUT2D eigenvalue weighted by atomic mass is 10.2. The van der Waals surface area contributed by atoms with E-state index in [1.54, 1.807) is 0 Å². The summed E-state index contributed by atoms with van der Waals surface area (Å²) < 4.78 is 0. The van der Waals surface area contributed by atoms with Crippen molar-refractivity contribution in [2.24, 2.45) is 0 Å². The number of nitriles is 1. The first-order chi connectivity index (χ1) is 6.40. The molecule has 0 aliphatic carbocycles. The van der Waals surface area contributed by atoms with Gasteiger partial charge in [0.15, 0.2) is 0 Å². The van der Waals surface area contributed by atoms with Crippen molar-refractivity contribution < 1.29 is 0 Å². The van der Waals surface area contributed by atoms with Gasteiger partial charge in [0.2, 0.25) is 0 Å². The highest BCUT2D eigenvalue weighted by atomic mass is 32.2. The maximum absolute atomic E-state index is 8.62. The topological polar surface area (TPSA) is 23.8 Å². The molecule has 13 heavy (non-hydrogen) atoms. The molecule has 1 heterocycles. The van der Waals surface area contributed by atoms with Gasteiger partial charge in [0, 0.05) is 0 Å². The first-order valence-electron chi connectivity index (χ1n) is 4.03. The van der Waals surface area contributed by atoms with Gasteiger partial charge in [-0.05, 0) is 40.0 Å². The highest BCUT2D eigenvalue weighted by molar-refractivity contribution is 8.22. The first-order valence-corrected chi connectivity index (χ1v) is 5.51. The summed E-state index contributed by atoms with van der Waals surface area (Å²) in [6.45, 7) is 0. The van der Waals surface area contributed by atoms with Crippen molar-refractivity contribution in [2.45, 2.75) is 4.90 Å². The Morgan fingerprint density at radius 1 is 1.00 bits per heavy atom. The van der Waals surface area contributed by atoms with E-state index in [4.69, 9.17) is 5.26 Å². The number of thiol groups is 1. The summed E-state index contributed by atoms with van der Waals surface area (Å²) in [4.78, 5) is 1.30. The normalized spacial score (nSPS) is 16.1. The van der Waals surface area contributed by atoms with E-state index < -0.39 is 0 Å². The molecule has 0 spiro atoms. The summed E-state index contributed by atoms with van der Waals surface area (Å²) in [7, 11) is -0.228. The Kier molecular flexibility index (Phi) is 2.20. The van der Waals surface area contributed by atoms with Crippen LogP contribution in [0.3, 0.4) is 0 Å². The van der Waals surface area contributed by atoms with Gasteiger partial charge in [0.1, 0.15) is 0 Å². The van der Waals surface area contributed by atoms with E-state index in [9.17, 15) is 0 Å². The van der Waals surface area contributed by atoms with Crippen LogP contribution in [-0.2, 0) is 0 Å². The fraction of sp³-hybridized carbons (Fsp3) is 0. The van der Waals surface area contributed by atoms with Crippen LogP contribution in [0.25, 0.3) is 0 Å². The summed E-state index contributed by atoms with van der Waals surface area (Å²) in [6.07, 6.45) is 4.15. The zero-order valence-electron chi connectivity index (χ0n) is 7.01. The molecule has 0 N–H and O–H groups in total. The molecule has 1 aliphatic rings. The zero-order chi connectivity index (χ0) is 9.10. The van der Waals surface area contributed by atoms with Crippen LogP contribution in [0.1, 0.15) is 5.56 Å². The lowest BCUT2D eigenvalue weighted by Crippen LogP contribution is -1.76. The number of rotatable bonds is 1. The fourth-order valence-electron chi connectivity index (χ4n) is 1.21. The van der Waals surface area contributed by atoms with Crippen LogP contribution in [0.15, 0.2) is 52.1 Å². The molecule has 2 rings (SSSR count). The summed E-state index contributed by atoms with van der Waals surface area (Å²) in [5.74, 6) is 0. The van der Waals surface area contributed by atoms with Crippen molar-refractivity contribution in [3.63, 3.8) is 0 Å². The molecule has 0 saturated heterocycles. The van der Waals surface area contributed by atoms with Crippen LogP contribution in [-0.4, -0.2) is 0 Å². The van der Waals surface area contributed by atoms with Gasteiger partial charge in [-0.3, -0.25) is 0 Å². The van der Waals surface area contributed by atoms with E-state index in [1.165, 1.54) is 4.90 Å². The van der Waals surface area contributed by atoms with Crippen LogP contribution in [0.4, 0.5) is 0 Å². The molecule has 0 fully saturated rings. The van der Waals surface area contributed by atoms with E-state index >= 15 is 0 Å². The molecular weight excluding hydrogens is 178 g/mol. The minimum atomic E-state index is -0.228. The third-order valence-corrected chi connectivity index (χ3v) is 3.78. The van der Waals surface area contributed by atoms with Crippen LogP contribution >= 0.6 is 10.9 Å². The molecule has 2 heteroatoms. The van der Waals surface area contributed by atoms with Gasteiger partial charge in [0.25, 0.3) is 0 Å². The van der Waals surface area contributed by atoms with Crippen molar-refractivity contribution in [1.29, 1.82) is 5.26 Å². The van der Waals surface area contributed by atoms with Crippen LogP contribution in [0, 0.1) is 11.3 Å². The SMILES string of the molecule is N#Cc1ccc([SH]2C=CC=C2)cc1. The van der Waals surface area contributed by atoms with Crippen molar-refractivity contribution in [3.05, 3.63) is 52.8 Å². The molecule has 0 amide bonds. The number of hydrogen-bond donors (Lipinski definition) is 1. The second-order valence-corrected chi connectivity index (χ2v) is 4.68. The number of nitrogens with zero attached hydrogens (tertiary/aromatic N) is 1. The Balaban J connectivity index is 2.28. The molecule has 64 valence electrons. The summed E-state index contributed by atoms with van der Waals surface area (Å²) >= 11 is 0. The molecule has 0 radical (unpaired) electrons. The molecule has 1 aromatic rings. The lowest BCUT2D eigenvalue weighted by Gasteiger charge is -2.09. The largest absolute Gasteiger partial charge is 0.192 e. The Morgan fingerprint density at radius 3 is 2.15 bits per heavy atom. The third-order valence-electron chi connectivity index (χ3n) is 1.90. The second-order valence-electron chi connectivity index (χ2n) is 2.75. The van der Waals surface area contributed by atoms with E-state index in [-0.39, 0.29) is 10.9 Å². The average Bonchev–Trinajstić information content (AvgIpc) is 2.71. The highest BCUT2D eigenvalue weighted by Gasteiger charge is 2.01. The standard InChI is InChI=1S/C11H9NS/c12-9-10-3-5-11(6-4-10)13-7-1-2-8-13/h1-8,13H. The summed E-state index contributed by atoms with van der Waals surface area (Å²) in [6, 6.07) is 9.93. The van der Waals surface area contributed by atoms with Gasteiger partial charge in [0.05, 0.1) is 11.6 Å². The Morgan fingerprint density at radius 2 is 1.62 bits per heavy atom. The minimum absolute atomic E-state index is 0.228. The second kappa shape index (κ2) is 3.51. The van der Waals surface area contributed by atoms with Gasteiger partial charge in [-0.25, -0.2) is 0 Å². The van der Waals surface area contributed by atoms with Crippen LogP contribution < -0.4 is 0 Å². The number of hydrogen-bond acceptors (Lipinski definition) is 1. The molecule has 0 atom stereocenters. The summed E-state index contributed by atoms with van der Waals surface area (Å²) in [5.41, 5.74) is 0.728. The molecular formula is C11H9NS. The Labute approximate surface area is 80.4 Å². The van der Waals surface area contributed by atoms with Gasteiger partial charge in [-0.2, -0.15) is 16.2 Å². The predicted octanol–water partition coefficient (Wildman–Crippen LogP) is 2.96. The predicted molar refractivity (Wildman–Crippen MR) is 56.7 cm³/mol. The first kappa shape index (κ1) is 8.15. The zero-order valence-corrected chi connectivity index (χ0v) is 7.91. The van der Waals surface area contributed by atoms with Crippen molar-refractivity contribution in [3.8, 4) is 6.07 Å². The monoisotopic (exact) mass is 187 g/mol. The van der Waals surface area contributed by atoms with Crippen molar-refractivity contribution in [1.82, 2.24) is 0 Å². The molecule has 0 aromatic heterocycles. The maximum atomic E-state index is 8.62. The quantitative estimate of drug-likeness (QED) is 0.671. The van der Waals surface area contributed by atoms with E-state index in [2.05, 4.69) is 29.0 Å². The van der Waals surface area contributed by atoms with E-state index in [0.29, 0.717) is 0 Å². The third kappa shape index (κ3) is 1.66. The average molecular weight is 187 g/mol. The maximum Gasteiger partial charge on any atom is 0.0991 e. The number of allylic oxidation sites excluding steroid dienone is 2. The van der Waals surface area contributed by atoms with Gasteiger partial charge in [-0.1, -0.05) is 12.2 Å². The summed E-state index contributed by atoms with van der Waals surface area (Å²) in [5, 5.41) is 13.0. The van der Waals surface area contributed by atoms with Gasteiger partial charge in [-0.15, -0.1) is 0 Å². The lowest BCUT2D eigenvalue weighted by molar-refractivity contribution is 1.41. The molecule has 0 saturated carbocycles. The van der Waals surface area contributed by atoms with Crippen molar-refractivity contribution in [2.75, 3.05) is 0 Å². The minimum Gasteiger partial charge on any atom is -0.192 e. The highest BCUT2D eigenvalue weighted by Crippen LogP contribution is 2.41. The Hall–Kier alpha value is -1.46. The molecule has 0 unspecified atom stereocenters. The Bertz CT molecular complexity index is 383. The van der Waals surface area contributed by atoms with E-state index in [0.717, 1.165) is 5.56 Å². The fourth-order valence-corrected chi connectivity index (χ4v) is 2.72. The van der Waals surface area contributed by atoms with Crippen LogP contribution in [0.2, 0.25) is 0 Å². The van der Waals surface area contributed by atoms with Gasteiger partial charge < -0.3 is 0 Å². The smallest absolute Gasteiger partial charge is 0.0991 e. The number of benzene rings is 1. The molecule has 1 aliphatic heterocycles. The van der Waals surface area contributed by atoms with Crippen LogP contribution in [0.5, 0.6) is 0 Å².